The van der Waals surface area contributed by atoms with Gasteiger partial charge in [0.2, 0.25) is 0 Å². The third-order valence-corrected chi connectivity index (χ3v) is 1.29. The van der Waals surface area contributed by atoms with Crippen LogP contribution in [0.1, 0.15) is 13.3 Å². The molecule has 0 aromatic heterocycles. The summed E-state index contributed by atoms with van der Waals surface area (Å²) in [4.78, 5) is 0. The van der Waals surface area contributed by atoms with Gasteiger partial charge in [0.15, 0.2) is 5.90 Å². The molecule has 0 bridgehead atoms. The van der Waals surface area contributed by atoms with Crippen LogP contribution in [0.5, 0.6) is 0 Å². The van der Waals surface area contributed by atoms with Gasteiger partial charge in [-0.1, -0.05) is 6.92 Å². The molecule has 0 aliphatic heterocycles. The molecular weight excluding hydrogens is 235 g/mol. The van der Waals surface area contributed by atoms with Crippen molar-refractivity contribution in [3.63, 3.8) is 0 Å². The van der Waals surface area contributed by atoms with Gasteiger partial charge in [0.25, 0.3) is 0 Å². The average molecular weight is 241 g/mol. The van der Waals surface area contributed by atoms with E-state index in [0.29, 0.717) is 0 Å². The molecule has 0 aromatic carbocycles. The Balaban J connectivity index is 4.93. The van der Waals surface area contributed by atoms with Gasteiger partial charge in [-0.3, -0.25) is 5.41 Å². The smallest absolute Gasteiger partial charge is 0.415 e. The van der Waals surface area contributed by atoms with Crippen molar-refractivity contribution < 1.29 is 35.5 Å². The second kappa shape index (κ2) is 3.86. The summed E-state index contributed by atoms with van der Waals surface area (Å²) in [5.74, 6) is -7.69. The standard InChI is InChI=1S/C6H6F7NO/c1-2-3(14)15-6(12,13)4(7,8)5(9,10)11/h14H,2H2,1H3. The Labute approximate surface area is 79.5 Å². The van der Waals surface area contributed by atoms with Gasteiger partial charge >= 0.3 is 18.2 Å². The lowest BCUT2D eigenvalue weighted by molar-refractivity contribution is -0.407. The van der Waals surface area contributed by atoms with E-state index in [4.69, 9.17) is 5.41 Å². The Hall–Kier alpha value is -1.02. The van der Waals surface area contributed by atoms with Crippen LogP contribution in [0, 0.1) is 5.41 Å². The van der Waals surface area contributed by atoms with E-state index in [9.17, 15) is 30.7 Å². The van der Waals surface area contributed by atoms with Gasteiger partial charge in [0.05, 0.1) is 0 Å². The zero-order chi connectivity index (χ0) is 12.5. The maximum Gasteiger partial charge on any atom is 0.475 e. The van der Waals surface area contributed by atoms with Crippen molar-refractivity contribution in [3.8, 4) is 0 Å². The molecule has 0 unspecified atom stereocenters. The molecule has 9 heteroatoms. The lowest BCUT2D eigenvalue weighted by atomic mass is 10.3. The summed E-state index contributed by atoms with van der Waals surface area (Å²) in [5, 5.41) is 6.47. The fourth-order valence-corrected chi connectivity index (χ4v) is 0.456. The quantitative estimate of drug-likeness (QED) is 0.459. The summed E-state index contributed by atoms with van der Waals surface area (Å²) in [6.07, 6.45) is -12.7. The van der Waals surface area contributed by atoms with E-state index < -0.39 is 30.5 Å². The Morgan fingerprint density at radius 3 is 1.73 bits per heavy atom. The molecule has 0 heterocycles. The lowest BCUT2D eigenvalue weighted by Gasteiger charge is -2.27. The van der Waals surface area contributed by atoms with Crippen LogP contribution in [0.4, 0.5) is 30.7 Å². The molecule has 0 aliphatic rings. The topological polar surface area (TPSA) is 33.1 Å². The Kier molecular flexibility index (Phi) is 3.59. The zero-order valence-corrected chi connectivity index (χ0v) is 7.26. The van der Waals surface area contributed by atoms with Crippen LogP contribution in [0.3, 0.4) is 0 Å². The number of halogens is 7. The van der Waals surface area contributed by atoms with Gasteiger partial charge in [0, 0.05) is 6.42 Å². The predicted molar refractivity (Wildman–Crippen MR) is 35.1 cm³/mol. The van der Waals surface area contributed by atoms with Gasteiger partial charge in [0.1, 0.15) is 0 Å². The second-order valence-corrected chi connectivity index (χ2v) is 2.47. The number of hydrogen-bond donors (Lipinski definition) is 1. The summed E-state index contributed by atoms with van der Waals surface area (Å²) in [7, 11) is 0. The summed E-state index contributed by atoms with van der Waals surface area (Å²) >= 11 is 0. The highest BCUT2D eigenvalue weighted by Crippen LogP contribution is 2.47. The van der Waals surface area contributed by atoms with Crippen molar-refractivity contribution in [2.45, 2.75) is 31.6 Å². The Morgan fingerprint density at radius 1 is 1.07 bits per heavy atom. The van der Waals surface area contributed by atoms with E-state index in [1.165, 1.54) is 0 Å². The maximum atomic E-state index is 12.3. The monoisotopic (exact) mass is 241 g/mol. The van der Waals surface area contributed by atoms with Crippen molar-refractivity contribution in [2.24, 2.45) is 0 Å². The molecule has 0 aromatic rings. The van der Waals surface area contributed by atoms with E-state index in [1.807, 2.05) is 0 Å². The minimum atomic E-state index is -6.44. The maximum absolute atomic E-state index is 12.3. The van der Waals surface area contributed by atoms with Crippen LogP contribution in [0.15, 0.2) is 0 Å². The summed E-state index contributed by atoms with van der Waals surface area (Å²) in [6, 6.07) is 0. The fraction of sp³-hybridized carbons (Fsp3) is 0.833. The first-order valence-electron chi connectivity index (χ1n) is 3.54. The van der Waals surface area contributed by atoms with Crippen LogP contribution in [0.25, 0.3) is 0 Å². The first kappa shape index (κ1) is 14.0. The summed E-state index contributed by atoms with van der Waals surface area (Å²) in [6.45, 7) is 1.09. The van der Waals surface area contributed by atoms with Crippen molar-refractivity contribution in [1.29, 1.82) is 5.41 Å². The lowest BCUT2D eigenvalue weighted by Crippen LogP contribution is -2.54. The molecule has 15 heavy (non-hydrogen) atoms. The number of ether oxygens (including phenoxy) is 1. The van der Waals surface area contributed by atoms with Crippen molar-refractivity contribution in [1.82, 2.24) is 0 Å². The number of rotatable bonds is 3. The molecule has 2 nitrogen and oxygen atoms in total. The molecule has 1 N–H and O–H groups in total. The van der Waals surface area contributed by atoms with E-state index in [2.05, 4.69) is 4.74 Å². The van der Waals surface area contributed by atoms with E-state index >= 15 is 0 Å². The van der Waals surface area contributed by atoms with Crippen LogP contribution >= 0.6 is 0 Å². The highest BCUT2D eigenvalue weighted by molar-refractivity contribution is 5.72. The minimum Gasteiger partial charge on any atom is -0.415 e. The predicted octanol–water partition coefficient (Wildman–Crippen LogP) is 3.18. The third kappa shape index (κ3) is 2.72. The largest absolute Gasteiger partial charge is 0.475 e. The first-order chi connectivity index (χ1) is 6.45. The first-order valence-corrected chi connectivity index (χ1v) is 3.54. The molecule has 0 amide bonds. The van der Waals surface area contributed by atoms with Gasteiger partial charge in [-0.05, 0) is 0 Å². The molecule has 0 fully saturated rings. The molecule has 90 valence electrons. The number of alkyl halides is 7. The van der Waals surface area contributed by atoms with E-state index in [-0.39, 0.29) is 0 Å². The number of nitrogens with one attached hydrogen (secondary N) is 1. The molecule has 0 spiro atoms. The molecule has 0 rings (SSSR count). The normalized spacial score (nSPS) is 13.9. The second-order valence-electron chi connectivity index (χ2n) is 2.47. The van der Waals surface area contributed by atoms with Crippen LogP contribution in [-0.4, -0.2) is 24.1 Å². The highest BCUT2D eigenvalue weighted by atomic mass is 19.4. The van der Waals surface area contributed by atoms with Crippen LogP contribution in [-0.2, 0) is 4.74 Å². The van der Waals surface area contributed by atoms with Gasteiger partial charge in [-0.25, -0.2) is 0 Å². The van der Waals surface area contributed by atoms with Crippen molar-refractivity contribution in [3.05, 3.63) is 0 Å². The summed E-state index contributed by atoms with van der Waals surface area (Å²) in [5.41, 5.74) is 0. The minimum absolute atomic E-state index is 0.524. The third-order valence-electron chi connectivity index (χ3n) is 1.29. The van der Waals surface area contributed by atoms with Crippen molar-refractivity contribution in [2.75, 3.05) is 0 Å². The fourth-order valence-electron chi connectivity index (χ4n) is 0.456. The highest BCUT2D eigenvalue weighted by Gasteiger charge is 2.75. The van der Waals surface area contributed by atoms with Crippen LogP contribution in [0.2, 0.25) is 0 Å². The molecular formula is C6H6F7NO. The molecule has 0 atom stereocenters. The SMILES string of the molecule is CCC(=N)OC(F)(F)C(F)(F)C(F)(F)F. The van der Waals surface area contributed by atoms with E-state index in [0.717, 1.165) is 6.92 Å². The van der Waals surface area contributed by atoms with Gasteiger partial charge in [-0.2, -0.15) is 30.7 Å². The molecule has 0 aliphatic carbocycles. The average Bonchev–Trinajstić information content (AvgIpc) is 2.00. The Bertz CT molecular complexity index is 246. The van der Waals surface area contributed by atoms with Gasteiger partial charge < -0.3 is 4.74 Å². The van der Waals surface area contributed by atoms with E-state index in [1.54, 1.807) is 0 Å². The van der Waals surface area contributed by atoms with Gasteiger partial charge in [-0.15, -0.1) is 0 Å². The molecule has 0 radical (unpaired) electrons. The summed E-state index contributed by atoms with van der Waals surface area (Å²) < 4.78 is 86.3. The zero-order valence-electron chi connectivity index (χ0n) is 7.26. The molecule has 0 saturated carbocycles. The Morgan fingerprint density at radius 2 is 1.47 bits per heavy atom. The molecule has 0 saturated heterocycles. The van der Waals surface area contributed by atoms with Crippen LogP contribution < -0.4 is 0 Å². The number of hydrogen-bond acceptors (Lipinski definition) is 2. The van der Waals surface area contributed by atoms with Crippen molar-refractivity contribution >= 4 is 5.90 Å².